The Morgan fingerprint density at radius 3 is 3.03 bits per heavy atom. The summed E-state index contributed by atoms with van der Waals surface area (Å²) in [7, 11) is 0. The molecule has 5 heterocycles. The molecule has 1 atom stereocenters. The highest BCUT2D eigenvalue weighted by atomic mass is 16.2. The molecule has 30 heavy (non-hydrogen) atoms. The fourth-order valence-electron chi connectivity index (χ4n) is 4.26. The fourth-order valence-corrected chi connectivity index (χ4v) is 4.26. The molecule has 1 aliphatic heterocycles. The molecule has 154 valence electrons. The molecular formula is C21H23N7O2. The first-order valence-corrected chi connectivity index (χ1v) is 10.2. The molecule has 0 aromatic carbocycles. The topological polar surface area (TPSA) is 101 Å². The van der Waals surface area contributed by atoms with Gasteiger partial charge in [0.05, 0.1) is 29.5 Å². The van der Waals surface area contributed by atoms with E-state index in [-0.39, 0.29) is 17.6 Å². The number of hydrogen-bond acceptors (Lipinski definition) is 5. The van der Waals surface area contributed by atoms with E-state index in [2.05, 4.69) is 15.1 Å². The van der Waals surface area contributed by atoms with Crippen molar-refractivity contribution >= 4 is 22.6 Å². The van der Waals surface area contributed by atoms with Gasteiger partial charge in [-0.1, -0.05) is 6.92 Å². The number of amides is 1. The van der Waals surface area contributed by atoms with Gasteiger partial charge >= 0.3 is 5.69 Å². The highest BCUT2D eigenvalue weighted by Crippen LogP contribution is 2.26. The number of H-pyrrole nitrogens is 1. The fraction of sp³-hybridized carbons (Fsp3) is 0.381. The number of rotatable bonds is 3. The highest BCUT2D eigenvalue weighted by Gasteiger charge is 2.27. The van der Waals surface area contributed by atoms with E-state index >= 15 is 0 Å². The minimum absolute atomic E-state index is 0.107. The van der Waals surface area contributed by atoms with E-state index in [4.69, 9.17) is 4.98 Å². The van der Waals surface area contributed by atoms with Crippen molar-refractivity contribution in [1.29, 1.82) is 0 Å². The predicted molar refractivity (Wildman–Crippen MR) is 112 cm³/mol. The zero-order valence-electron chi connectivity index (χ0n) is 17.0. The van der Waals surface area contributed by atoms with Crippen LogP contribution in [0, 0.1) is 6.92 Å². The molecule has 4 aromatic rings. The summed E-state index contributed by atoms with van der Waals surface area (Å²) >= 11 is 0. The minimum atomic E-state index is -0.219. The third-order valence-corrected chi connectivity index (χ3v) is 5.79. The van der Waals surface area contributed by atoms with Crippen molar-refractivity contribution in [2.24, 2.45) is 0 Å². The maximum absolute atomic E-state index is 12.8. The van der Waals surface area contributed by atoms with E-state index in [0.717, 1.165) is 36.0 Å². The number of nitrogens with zero attached hydrogens (tertiary/aromatic N) is 6. The zero-order chi connectivity index (χ0) is 20.8. The molecule has 0 saturated carbocycles. The molecule has 1 N–H and O–H groups in total. The lowest BCUT2D eigenvalue weighted by Crippen LogP contribution is -2.42. The van der Waals surface area contributed by atoms with Crippen molar-refractivity contribution in [3.63, 3.8) is 0 Å². The summed E-state index contributed by atoms with van der Waals surface area (Å²) in [6, 6.07) is 3.92. The maximum Gasteiger partial charge on any atom is 0.328 e. The molecule has 1 saturated heterocycles. The number of piperidine rings is 1. The number of likely N-dealkylation sites (tertiary alicyclic amines) is 1. The number of aromatic amines is 1. The molecule has 1 amide bonds. The molecule has 0 radical (unpaired) electrons. The summed E-state index contributed by atoms with van der Waals surface area (Å²) in [6.45, 7) is 5.15. The van der Waals surface area contributed by atoms with Gasteiger partial charge in [-0.2, -0.15) is 5.10 Å². The van der Waals surface area contributed by atoms with E-state index < -0.39 is 0 Å². The number of fused-ring (bicyclic) bond motifs is 2. The Bertz CT molecular complexity index is 1320. The Balaban J connectivity index is 1.60. The third kappa shape index (κ3) is 2.97. The summed E-state index contributed by atoms with van der Waals surface area (Å²) in [4.78, 5) is 38.9. The lowest BCUT2D eigenvalue weighted by Gasteiger charge is -2.33. The number of nitrogens with one attached hydrogen (secondary N) is 1. The van der Waals surface area contributed by atoms with Gasteiger partial charge in [0.15, 0.2) is 11.5 Å². The second-order valence-corrected chi connectivity index (χ2v) is 7.81. The van der Waals surface area contributed by atoms with Crippen molar-refractivity contribution in [2.75, 3.05) is 13.1 Å². The van der Waals surface area contributed by atoms with Gasteiger partial charge in [0.25, 0.3) is 0 Å². The van der Waals surface area contributed by atoms with E-state index in [1.807, 2.05) is 37.1 Å². The number of pyridine rings is 1. The van der Waals surface area contributed by atoms with E-state index in [1.165, 1.54) is 0 Å². The van der Waals surface area contributed by atoms with Crippen LogP contribution in [0.25, 0.3) is 28.1 Å². The molecule has 0 unspecified atom stereocenters. The van der Waals surface area contributed by atoms with Gasteiger partial charge in [0.2, 0.25) is 5.91 Å². The van der Waals surface area contributed by atoms with E-state index in [9.17, 15) is 9.59 Å². The average molecular weight is 405 g/mol. The van der Waals surface area contributed by atoms with Crippen molar-refractivity contribution in [1.82, 2.24) is 34.0 Å². The van der Waals surface area contributed by atoms with Gasteiger partial charge in [-0.15, -0.1) is 0 Å². The number of carbonyl (C=O) groups excluding carboxylic acids is 1. The molecule has 0 spiro atoms. The van der Waals surface area contributed by atoms with Crippen LogP contribution in [0.3, 0.4) is 0 Å². The number of hydrogen-bond donors (Lipinski definition) is 1. The summed E-state index contributed by atoms with van der Waals surface area (Å²) in [5, 5.41) is 4.39. The van der Waals surface area contributed by atoms with Crippen LogP contribution in [-0.4, -0.2) is 53.0 Å². The van der Waals surface area contributed by atoms with E-state index in [0.29, 0.717) is 30.0 Å². The van der Waals surface area contributed by atoms with Crippen molar-refractivity contribution in [2.45, 2.75) is 39.2 Å². The van der Waals surface area contributed by atoms with Crippen LogP contribution in [-0.2, 0) is 4.79 Å². The van der Waals surface area contributed by atoms with Crippen LogP contribution in [0.2, 0.25) is 0 Å². The average Bonchev–Trinajstić information content (AvgIpc) is 3.32. The molecule has 9 nitrogen and oxygen atoms in total. The first-order valence-electron chi connectivity index (χ1n) is 10.2. The van der Waals surface area contributed by atoms with Crippen LogP contribution in [0.5, 0.6) is 0 Å². The molecular weight excluding hydrogens is 382 g/mol. The monoisotopic (exact) mass is 405 g/mol. The van der Waals surface area contributed by atoms with Gasteiger partial charge in [-0.25, -0.2) is 19.3 Å². The summed E-state index contributed by atoms with van der Waals surface area (Å²) < 4.78 is 3.47. The molecule has 9 heteroatoms. The van der Waals surface area contributed by atoms with Crippen LogP contribution >= 0.6 is 0 Å². The number of aryl methyl sites for hydroxylation is 1. The van der Waals surface area contributed by atoms with Gasteiger partial charge in [0.1, 0.15) is 5.52 Å². The molecule has 1 fully saturated rings. The second kappa shape index (κ2) is 7.08. The standard InChI is InChI=1S/C21H23N7O2/c1-3-18(29)26-7-4-5-14(12-26)28-20-16(24-21(28)30)11-22-19(25-20)15-10-23-27-8-6-13(2)9-17(15)27/h6,8-11,14H,3-5,7,12H2,1-2H3,(H,24,30)/t14-/m0/s1. The van der Waals surface area contributed by atoms with Gasteiger partial charge in [-0.05, 0) is 37.5 Å². The minimum Gasteiger partial charge on any atom is -0.341 e. The van der Waals surface area contributed by atoms with Crippen LogP contribution in [0.1, 0.15) is 37.8 Å². The normalized spacial score (nSPS) is 17.1. The van der Waals surface area contributed by atoms with Crippen LogP contribution < -0.4 is 5.69 Å². The Hall–Kier alpha value is -3.49. The zero-order valence-corrected chi connectivity index (χ0v) is 17.0. The Morgan fingerprint density at radius 1 is 1.33 bits per heavy atom. The SMILES string of the molecule is CCC(=O)N1CCC[C@H](n2c(=O)[nH]c3cnc(-c4cnn5ccc(C)cc45)nc32)C1. The van der Waals surface area contributed by atoms with E-state index in [1.54, 1.807) is 21.5 Å². The number of carbonyl (C=O) groups is 1. The van der Waals surface area contributed by atoms with Crippen molar-refractivity contribution in [3.05, 3.63) is 46.8 Å². The number of aromatic nitrogens is 6. The molecule has 0 bridgehead atoms. The molecule has 5 rings (SSSR count). The summed E-state index contributed by atoms with van der Waals surface area (Å²) in [6.07, 6.45) is 7.45. The lowest BCUT2D eigenvalue weighted by atomic mass is 10.1. The van der Waals surface area contributed by atoms with Crippen molar-refractivity contribution in [3.8, 4) is 11.4 Å². The second-order valence-electron chi connectivity index (χ2n) is 7.81. The van der Waals surface area contributed by atoms with Crippen molar-refractivity contribution < 1.29 is 4.79 Å². The Kier molecular flexibility index (Phi) is 4.38. The summed E-state index contributed by atoms with van der Waals surface area (Å²) in [5.74, 6) is 0.637. The third-order valence-electron chi connectivity index (χ3n) is 5.79. The first-order chi connectivity index (χ1) is 14.5. The molecule has 1 aliphatic rings. The quantitative estimate of drug-likeness (QED) is 0.564. The van der Waals surface area contributed by atoms with Gasteiger partial charge in [-0.3, -0.25) is 9.36 Å². The molecule has 0 aliphatic carbocycles. The smallest absolute Gasteiger partial charge is 0.328 e. The Morgan fingerprint density at radius 2 is 2.20 bits per heavy atom. The lowest BCUT2D eigenvalue weighted by molar-refractivity contribution is -0.132. The van der Waals surface area contributed by atoms with Crippen LogP contribution in [0.15, 0.2) is 35.5 Å². The number of imidazole rings is 1. The maximum atomic E-state index is 12.8. The van der Waals surface area contributed by atoms with Gasteiger partial charge < -0.3 is 9.88 Å². The Labute approximate surface area is 172 Å². The van der Waals surface area contributed by atoms with Crippen LogP contribution in [0.4, 0.5) is 0 Å². The van der Waals surface area contributed by atoms with Gasteiger partial charge in [0, 0.05) is 25.7 Å². The first kappa shape index (κ1) is 18.5. The largest absolute Gasteiger partial charge is 0.341 e. The summed E-state index contributed by atoms with van der Waals surface area (Å²) in [5.41, 5.74) is 3.78. The highest BCUT2D eigenvalue weighted by molar-refractivity contribution is 5.80. The predicted octanol–water partition coefficient (Wildman–Crippen LogP) is 2.32. The molecule has 4 aromatic heterocycles.